The summed E-state index contributed by atoms with van der Waals surface area (Å²) < 4.78 is 0. The highest BCUT2D eigenvalue weighted by atomic mass is 31.0. The molecule has 1 aromatic carbocycles. The van der Waals surface area contributed by atoms with Crippen LogP contribution in [0.4, 0.5) is 0 Å². The molecule has 2 aliphatic rings. The fourth-order valence-electron chi connectivity index (χ4n) is 4.28. The number of nitrogens with one attached hydrogen (secondary N) is 2. The first kappa shape index (κ1) is 24.8. The summed E-state index contributed by atoms with van der Waals surface area (Å²) in [6.45, 7) is 9.80. The summed E-state index contributed by atoms with van der Waals surface area (Å²) >= 11 is 0. The Morgan fingerprint density at radius 1 is 0.862 bits per heavy atom. The first-order chi connectivity index (χ1) is 14.3. The van der Waals surface area contributed by atoms with E-state index in [1.807, 2.05) is 7.05 Å². The van der Waals surface area contributed by atoms with Gasteiger partial charge in [0.2, 0.25) is 0 Å². The van der Waals surface area contributed by atoms with Crippen LogP contribution in [-0.2, 0) is 0 Å². The van der Waals surface area contributed by atoms with Crippen LogP contribution in [0.5, 0.6) is 0 Å². The maximum Gasteiger partial charge on any atom is 0.0449 e. The predicted octanol–water partition coefficient (Wildman–Crippen LogP) is 3.76. The highest BCUT2D eigenvalue weighted by Gasteiger charge is 2.17. The lowest BCUT2D eigenvalue weighted by molar-refractivity contribution is 0.205. The van der Waals surface area contributed by atoms with Crippen LogP contribution in [-0.4, -0.2) is 75.4 Å². The van der Waals surface area contributed by atoms with E-state index in [1.54, 1.807) is 0 Å². The Balaban J connectivity index is 0.000000278. The molecule has 2 fully saturated rings. The molecule has 1 aromatic rings. The Morgan fingerprint density at radius 2 is 1.48 bits per heavy atom. The summed E-state index contributed by atoms with van der Waals surface area (Å²) in [6, 6.07) is 11.4. The smallest absolute Gasteiger partial charge is 0.0449 e. The van der Waals surface area contributed by atoms with Crippen molar-refractivity contribution in [3.05, 3.63) is 35.9 Å². The number of piperidine rings is 2. The lowest BCUT2D eigenvalue weighted by Crippen LogP contribution is -2.38. The van der Waals surface area contributed by atoms with Gasteiger partial charge in [0.25, 0.3) is 0 Å². The van der Waals surface area contributed by atoms with Crippen molar-refractivity contribution in [1.29, 1.82) is 0 Å². The third-order valence-corrected chi connectivity index (χ3v) is 6.24. The van der Waals surface area contributed by atoms with Gasteiger partial charge in [0.15, 0.2) is 0 Å². The van der Waals surface area contributed by atoms with Crippen LogP contribution in [0.2, 0.25) is 0 Å². The minimum Gasteiger partial charge on any atom is -0.320 e. The van der Waals surface area contributed by atoms with Gasteiger partial charge in [-0.1, -0.05) is 43.2 Å². The van der Waals surface area contributed by atoms with E-state index >= 15 is 0 Å². The number of hydrogen-bond acceptors (Lipinski definition) is 4. The van der Waals surface area contributed by atoms with Crippen LogP contribution in [0.3, 0.4) is 0 Å². The van der Waals surface area contributed by atoms with Gasteiger partial charge in [-0.05, 0) is 90.1 Å². The molecular formula is C24H45N4P. The van der Waals surface area contributed by atoms with Crippen molar-refractivity contribution in [3.63, 3.8) is 0 Å². The van der Waals surface area contributed by atoms with Gasteiger partial charge >= 0.3 is 0 Å². The molecule has 2 heterocycles. The summed E-state index contributed by atoms with van der Waals surface area (Å²) in [4.78, 5) is 5.17. The van der Waals surface area contributed by atoms with E-state index in [1.165, 1.54) is 89.4 Å². The molecule has 0 spiro atoms. The van der Waals surface area contributed by atoms with Gasteiger partial charge in [0, 0.05) is 19.1 Å². The molecule has 0 amide bonds. The van der Waals surface area contributed by atoms with Gasteiger partial charge in [-0.3, -0.25) is 0 Å². The molecule has 0 saturated carbocycles. The van der Waals surface area contributed by atoms with Gasteiger partial charge in [0.1, 0.15) is 0 Å². The molecule has 2 aliphatic heterocycles. The Labute approximate surface area is 182 Å². The van der Waals surface area contributed by atoms with Gasteiger partial charge in [0.05, 0.1) is 0 Å². The molecule has 166 valence electrons. The standard InChI is InChI=1S/C17H29N3.C7H16NP/c1-18-11-8-12-19-17(16-9-4-2-5-10-16)15-20-13-6-3-7-14-20;9-7-6-8-4-2-1-3-5-8/h2,4-5,9-10,17-19H,3,6-8,11-15H2,1H3;1-7,9H2. The largest absolute Gasteiger partial charge is 0.320 e. The molecule has 2 unspecified atom stereocenters. The van der Waals surface area contributed by atoms with Crippen molar-refractivity contribution >= 4 is 9.24 Å². The summed E-state index contributed by atoms with van der Waals surface area (Å²) in [5.74, 6) is 0. The monoisotopic (exact) mass is 420 g/mol. The Bertz CT molecular complexity index is 484. The van der Waals surface area contributed by atoms with E-state index in [0.29, 0.717) is 6.04 Å². The second-order valence-electron chi connectivity index (χ2n) is 8.43. The maximum absolute atomic E-state index is 3.74. The van der Waals surface area contributed by atoms with Crippen LogP contribution in [0.15, 0.2) is 30.3 Å². The van der Waals surface area contributed by atoms with E-state index in [-0.39, 0.29) is 0 Å². The summed E-state index contributed by atoms with van der Waals surface area (Å²) in [6.07, 6.45) is 10.8. The van der Waals surface area contributed by atoms with Crippen LogP contribution >= 0.6 is 9.24 Å². The lowest BCUT2D eigenvalue weighted by Gasteiger charge is -2.31. The summed E-state index contributed by atoms with van der Waals surface area (Å²) in [5, 5.41) is 6.95. The Hall–Kier alpha value is -0.510. The fourth-order valence-corrected chi connectivity index (χ4v) is 4.65. The number of likely N-dealkylation sites (tertiary alicyclic amines) is 2. The summed E-state index contributed by atoms with van der Waals surface area (Å²) in [5.41, 5.74) is 1.42. The Morgan fingerprint density at radius 3 is 2.07 bits per heavy atom. The number of nitrogens with zero attached hydrogens (tertiary/aromatic N) is 2. The highest BCUT2D eigenvalue weighted by molar-refractivity contribution is 7.16. The predicted molar refractivity (Wildman–Crippen MR) is 131 cm³/mol. The lowest BCUT2D eigenvalue weighted by atomic mass is 10.0. The average molecular weight is 421 g/mol. The molecule has 0 radical (unpaired) electrons. The zero-order chi connectivity index (χ0) is 20.6. The number of benzene rings is 1. The fraction of sp³-hybridized carbons (Fsp3) is 0.750. The van der Waals surface area contributed by atoms with E-state index in [9.17, 15) is 0 Å². The van der Waals surface area contributed by atoms with Crippen LogP contribution in [0.25, 0.3) is 0 Å². The van der Waals surface area contributed by atoms with E-state index in [0.717, 1.165) is 19.6 Å². The summed E-state index contributed by atoms with van der Waals surface area (Å²) in [7, 11) is 4.80. The zero-order valence-electron chi connectivity index (χ0n) is 18.7. The van der Waals surface area contributed by atoms with E-state index in [2.05, 4.69) is 60.0 Å². The molecule has 29 heavy (non-hydrogen) atoms. The molecule has 3 rings (SSSR count). The minimum absolute atomic E-state index is 0.464. The van der Waals surface area contributed by atoms with Gasteiger partial charge in [-0.15, -0.1) is 9.24 Å². The van der Waals surface area contributed by atoms with Crippen molar-refractivity contribution in [3.8, 4) is 0 Å². The third-order valence-electron chi connectivity index (χ3n) is 5.98. The van der Waals surface area contributed by atoms with Crippen molar-refractivity contribution < 1.29 is 0 Å². The second-order valence-corrected chi connectivity index (χ2v) is 9.00. The molecule has 2 atom stereocenters. The second kappa shape index (κ2) is 16.2. The SMILES string of the molecule is CNCCCNC(CN1CCCCC1)c1ccccc1.PCCN1CCCCC1. The van der Waals surface area contributed by atoms with Crippen molar-refractivity contribution in [2.75, 3.05) is 65.6 Å². The average Bonchev–Trinajstić information content (AvgIpc) is 2.79. The third kappa shape index (κ3) is 10.9. The van der Waals surface area contributed by atoms with Gasteiger partial charge in [-0.2, -0.15) is 0 Å². The van der Waals surface area contributed by atoms with Gasteiger partial charge in [-0.25, -0.2) is 0 Å². The molecule has 5 heteroatoms. The quantitative estimate of drug-likeness (QED) is 0.446. The molecule has 2 N–H and O–H groups in total. The molecule has 0 aromatic heterocycles. The molecule has 4 nitrogen and oxygen atoms in total. The van der Waals surface area contributed by atoms with Crippen molar-refractivity contribution in [1.82, 2.24) is 20.4 Å². The molecule has 2 saturated heterocycles. The first-order valence-electron chi connectivity index (χ1n) is 11.9. The van der Waals surface area contributed by atoms with Crippen molar-refractivity contribution in [2.45, 2.75) is 51.0 Å². The van der Waals surface area contributed by atoms with E-state index < -0.39 is 0 Å². The van der Waals surface area contributed by atoms with Crippen LogP contribution in [0, 0.1) is 0 Å². The minimum atomic E-state index is 0.464. The van der Waals surface area contributed by atoms with Crippen molar-refractivity contribution in [2.24, 2.45) is 0 Å². The van der Waals surface area contributed by atoms with Gasteiger partial charge < -0.3 is 20.4 Å². The maximum atomic E-state index is 3.74. The first-order valence-corrected chi connectivity index (χ1v) is 12.7. The van der Waals surface area contributed by atoms with E-state index in [4.69, 9.17) is 0 Å². The van der Waals surface area contributed by atoms with Crippen LogP contribution in [0.1, 0.15) is 56.6 Å². The Kier molecular flexibility index (Phi) is 13.8. The number of hydrogen-bond donors (Lipinski definition) is 2. The van der Waals surface area contributed by atoms with Crippen LogP contribution < -0.4 is 10.6 Å². The molecular weight excluding hydrogens is 375 g/mol. The number of rotatable bonds is 10. The normalized spacial score (nSPS) is 19.4. The molecule has 0 bridgehead atoms. The molecule has 0 aliphatic carbocycles. The highest BCUT2D eigenvalue weighted by Crippen LogP contribution is 2.17. The topological polar surface area (TPSA) is 30.5 Å². The zero-order valence-corrected chi connectivity index (χ0v) is 19.9.